The maximum atomic E-state index is 5.42. The molecule has 0 unspecified atom stereocenters. The van der Waals surface area contributed by atoms with Crippen molar-refractivity contribution in [3.63, 3.8) is 0 Å². The number of hydrogen-bond donors (Lipinski definition) is 1. The average molecular weight is 194 g/mol. The minimum atomic E-state index is -0.103. The molecule has 0 saturated carbocycles. The zero-order chi connectivity index (χ0) is 11.2. The van der Waals surface area contributed by atoms with E-state index < -0.39 is 0 Å². The van der Waals surface area contributed by atoms with Crippen LogP contribution in [-0.4, -0.2) is 18.6 Å². The molecular formula is C12H22N2. The van der Waals surface area contributed by atoms with E-state index in [1.807, 2.05) is 25.9 Å². The molecule has 80 valence electrons. The van der Waals surface area contributed by atoms with Gasteiger partial charge in [0.2, 0.25) is 0 Å². The molecule has 0 heterocycles. The summed E-state index contributed by atoms with van der Waals surface area (Å²) in [5.41, 5.74) is 4.16. The maximum absolute atomic E-state index is 5.42. The van der Waals surface area contributed by atoms with Gasteiger partial charge in [0, 0.05) is 24.7 Å². The van der Waals surface area contributed by atoms with Gasteiger partial charge in [-0.25, -0.2) is 5.01 Å². The molecule has 0 amide bonds. The van der Waals surface area contributed by atoms with E-state index in [0.29, 0.717) is 0 Å². The molecule has 2 nitrogen and oxygen atoms in total. The summed E-state index contributed by atoms with van der Waals surface area (Å²) in [5.74, 6) is 2.77. The molecule has 0 aromatic rings. The van der Waals surface area contributed by atoms with Crippen molar-refractivity contribution in [1.29, 1.82) is 0 Å². The van der Waals surface area contributed by atoms with Gasteiger partial charge in [-0.05, 0) is 20.3 Å². The quantitative estimate of drug-likeness (QED) is 0.516. The summed E-state index contributed by atoms with van der Waals surface area (Å²) in [4.78, 5) is 0. The van der Waals surface area contributed by atoms with E-state index in [4.69, 9.17) is 6.42 Å². The molecule has 14 heavy (non-hydrogen) atoms. The van der Waals surface area contributed by atoms with Crippen LogP contribution in [0.25, 0.3) is 0 Å². The Hall–Kier alpha value is -0.940. The van der Waals surface area contributed by atoms with Gasteiger partial charge in [-0.3, -0.25) is 0 Å². The number of rotatable bonds is 6. The van der Waals surface area contributed by atoms with Gasteiger partial charge in [0.15, 0.2) is 0 Å². The normalized spacial score (nSPS) is 11.1. The van der Waals surface area contributed by atoms with Gasteiger partial charge in [0.05, 0.1) is 0 Å². The maximum Gasteiger partial charge on any atom is 0.0400 e. The summed E-state index contributed by atoms with van der Waals surface area (Å²) < 4.78 is 0. The zero-order valence-corrected chi connectivity index (χ0v) is 9.85. The minimum Gasteiger partial charge on any atom is -0.324 e. The molecule has 0 aromatic carbocycles. The highest BCUT2D eigenvalue weighted by Crippen LogP contribution is 2.13. The number of terminal acetylenes is 1. The molecule has 0 fully saturated rings. The van der Waals surface area contributed by atoms with Gasteiger partial charge in [-0.1, -0.05) is 25.8 Å². The molecule has 0 atom stereocenters. The highest BCUT2D eigenvalue weighted by molar-refractivity contribution is 5.02. The van der Waals surface area contributed by atoms with Crippen LogP contribution in [0.15, 0.2) is 12.3 Å². The Bertz CT molecular complexity index is 223. The second-order valence-electron chi connectivity index (χ2n) is 4.35. The third-order valence-corrected chi connectivity index (χ3v) is 1.92. The first kappa shape index (κ1) is 13.1. The Balaban J connectivity index is 3.93. The van der Waals surface area contributed by atoms with Crippen LogP contribution >= 0.6 is 0 Å². The third-order valence-electron chi connectivity index (χ3n) is 1.92. The topological polar surface area (TPSA) is 15.3 Å². The predicted molar refractivity (Wildman–Crippen MR) is 62.4 cm³/mol. The van der Waals surface area contributed by atoms with Crippen LogP contribution in [0.4, 0.5) is 0 Å². The summed E-state index contributed by atoms with van der Waals surface area (Å²) in [7, 11) is 1.99. The fraction of sp³-hybridized carbons (Fsp3) is 0.667. The standard InChI is InChI=1S/C12H22N2/c1-7-9-11(3)13-14(6)10-12(4,5)8-2/h2,13H,3,7,9-10H2,1,4-6H3. The molecule has 0 rings (SSSR count). The van der Waals surface area contributed by atoms with E-state index >= 15 is 0 Å². The van der Waals surface area contributed by atoms with Gasteiger partial charge in [-0.15, -0.1) is 6.42 Å². The molecule has 0 aliphatic heterocycles. The Labute approximate surface area is 88.3 Å². The number of hydrogen-bond acceptors (Lipinski definition) is 2. The molecule has 0 bridgehead atoms. The first-order valence-electron chi connectivity index (χ1n) is 5.04. The molecule has 0 spiro atoms. The Morgan fingerprint density at radius 3 is 2.57 bits per heavy atom. The van der Waals surface area contributed by atoms with E-state index in [9.17, 15) is 0 Å². The largest absolute Gasteiger partial charge is 0.324 e. The van der Waals surface area contributed by atoms with Gasteiger partial charge in [0.1, 0.15) is 0 Å². The molecule has 0 aliphatic carbocycles. The summed E-state index contributed by atoms with van der Waals surface area (Å²) in [5, 5.41) is 2.00. The number of nitrogens with one attached hydrogen (secondary N) is 1. The average Bonchev–Trinajstić information content (AvgIpc) is 2.03. The van der Waals surface area contributed by atoms with Crippen LogP contribution in [0.3, 0.4) is 0 Å². The summed E-state index contributed by atoms with van der Waals surface area (Å²) >= 11 is 0. The second-order valence-corrected chi connectivity index (χ2v) is 4.35. The monoisotopic (exact) mass is 194 g/mol. The van der Waals surface area contributed by atoms with Gasteiger partial charge in [0.25, 0.3) is 0 Å². The molecule has 0 saturated heterocycles. The number of nitrogens with zero attached hydrogens (tertiary/aromatic N) is 1. The van der Waals surface area contributed by atoms with Crippen LogP contribution < -0.4 is 5.43 Å². The van der Waals surface area contributed by atoms with Crippen molar-refractivity contribution < 1.29 is 0 Å². The predicted octanol–water partition coefficient (Wildman–Crippen LogP) is 2.40. The third kappa shape index (κ3) is 5.66. The molecule has 0 radical (unpaired) electrons. The van der Waals surface area contributed by atoms with Crippen molar-refractivity contribution in [2.45, 2.75) is 33.6 Å². The lowest BCUT2D eigenvalue weighted by atomic mass is 9.95. The van der Waals surface area contributed by atoms with Crippen molar-refractivity contribution in [3.8, 4) is 12.3 Å². The fourth-order valence-corrected chi connectivity index (χ4v) is 1.31. The highest BCUT2D eigenvalue weighted by Gasteiger charge is 2.16. The number of allylic oxidation sites excluding steroid dienone is 1. The SMILES string of the molecule is C#CC(C)(C)CN(C)NC(=C)CCC. The van der Waals surface area contributed by atoms with E-state index in [1.54, 1.807) is 0 Å². The molecule has 0 aliphatic rings. The Morgan fingerprint density at radius 2 is 2.14 bits per heavy atom. The first-order valence-corrected chi connectivity index (χ1v) is 5.04. The lowest BCUT2D eigenvalue weighted by molar-refractivity contribution is 0.203. The molecule has 0 aromatic heterocycles. The van der Waals surface area contributed by atoms with Crippen LogP contribution in [0.2, 0.25) is 0 Å². The fourth-order valence-electron chi connectivity index (χ4n) is 1.31. The summed E-state index contributed by atoms with van der Waals surface area (Å²) in [6, 6.07) is 0. The van der Waals surface area contributed by atoms with Crippen molar-refractivity contribution in [3.05, 3.63) is 12.3 Å². The molecule has 1 N–H and O–H groups in total. The lowest BCUT2D eigenvalue weighted by Crippen LogP contribution is -2.39. The van der Waals surface area contributed by atoms with Gasteiger partial charge in [-0.2, -0.15) is 0 Å². The van der Waals surface area contributed by atoms with E-state index in [-0.39, 0.29) is 5.41 Å². The zero-order valence-electron chi connectivity index (χ0n) is 9.85. The van der Waals surface area contributed by atoms with E-state index in [1.165, 1.54) is 0 Å². The smallest absolute Gasteiger partial charge is 0.0400 e. The molecule has 2 heteroatoms. The van der Waals surface area contributed by atoms with E-state index in [2.05, 4.69) is 24.8 Å². The number of hydrazine groups is 1. The lowest BCUT2D eigenvalue weighted by Gasteiger charge is -2.27. The van der Waals surface area contributed by atoms with Gasteiger partial charge >= 0.3 is 0 Å². The Kier molecular flexibility index (Phi) is 5.34. The molecular weight excluding hydrogens is 172 g/mol. The first-order chi connectivity index (χ1) is 6.41. The van der Waals surface area contributed by atoms with Gasteiger partial charge < -0.3 is 5.43 Å². The van der Waals surface area contributed by atoms with Crippen LogP contribution in [0.5, 0.6) is 0 Å². The van der Waals surface area contributed by atoms with Crippen molar-refractivity contribution in [2.24, 2.45) is 5.41 Å². The van der Waals surface area contributed by atoms with Crippen LogP contribution in [0, 0.1) is 17.8 Å². The minimum absolute atomic E-state index is 0.103. The van der Waals surface area contributed by atoms with Crippen molar-refractivity contribution >= 4 is 0 Å². The van der Waals surface area contributed by atoms with Crippen molar-refractivity contribution in [2.75, 3.05) is 13.6 Å². The van der Waals surface area contributed by atoms with Crippen molar-refractivity contribution in [1.82, 2.24) is 10.4 Å². The summed E-state index contributed by atoms with van der Waals surface area (Å²) in [6.07, 6.45) is 7.53. The Morgan fingerprint density at radius 1 is 1.57 bits per heavy atom. The summed E-state index contributed by atoms with van der Waals surface area (Å²) in [6.45, 7) is 11.0. The van der Waals surface area contributed by atoms with Crippen LogP contribution in [0.1, 0.15) is 33.6 Å². The second kappa shape index (κ2) is 5.72. The highest BCUT2D eigenvalue weighted by atomic mass is 15.5. The van der Waals surface area contributed by atoms with E-state index in [0.717, 1.165) is 25.1 Å². The van der Waals surface area contributed by atoms with Crippen LogP contribution in [-0.2, 0) is 0 Å².